The molecule has 0 radical (unpaired) electrons. The van der Waals surface area contributed by atoms with Crippen molar-refractivity contribution in [2.75, 3.05) is 6.54 Å². The van der Waals surface area contributed by atoms with Crippen LogP contribution in [0, 0.1) is 6.92 Å². The molecule has 3 rings (SSSR count). The van der Waals surface area contributed by atoms with Gasteiger partial charge in [-0.25, -0.2) is 4.79 Å². The maximum absolute atomic E-state index is 12.8. The van der Waals surface area contributed by atoms with E-state index in [0.717, 1.165) is 18.5 Å². The molecule has 1 fully saturated rings. The molecule has 1 aliphatic rings. The Bertz CT molecular complexity index is 723. The first-order valence-corrected chi connectivity index (χ1v) is 7.58. The number of hydrogen-bond acceptors (Lipinski definition) is 4. The molecular weight excluding hydrogens is 296 g/mol. The number of pyridine rings is 1. The summed E-state index contributed by atoms with van der Waals surface area (Å²) in [6, 6.07) is 3.25. The summed E-state index contributed by atoms with van der Waals surface area (Å²) in [7, 11) is 0. The molecule has 7 heteroatoms. The van der Waals surface area contributed by atoms with Crippen LogP contribution in [0.1, 0.15) is 57.4 Å². The number of rotatable bonds is 3. The summed E-state index contributed by atoms with van der Waals surface area (Å²) in [5, 5.41) is 15.9. The number of carbonyl (C=O) groups is 2. The molecule has 3 heterocycles. The van der Waals surface area contributed by atoms with Gasteiger partial charge in [-0.3, -0.25) is 14.9 Å². The second-order valence-electron chi connectivity index (χ2n) is 5.70. The summed E-state index contributed by atoms with van der Waals surface area (Å²) < 4.78 is 0. The van der Waals surface area contributed by atoms with E-state index in [9.17, 15) is 14.7 Å². The van der Waals surface area contributed by atoms with Gasteiger partial charge < -0.3 is 10.0 Å². The normalized spacial score (nSPS) is 18.0. The quantitative estimate of drug-likeness (QED) is 0.904. The first kappa shape index (κ1) is 15.2. The highest BCUT2D eigenvalue weighted by atomic mass is 16.4. The van der Waals surface area contributed by atoms with Crippen LogP contribution in [0.3, 0.4) is 0 Å². The lowest BCUT2D eigenvalue weighted by Gasteiger charge is -2.35. The minimum absolute atomic E-state index is 0.122. The van der Waals surface area contributed by atoms with Crippen LogP contribution in [-0.4, -0.2) is 43.6 Å². The molecule has 0 saturated carbocycles. The molecule has 0 bridgehead atoms. The molecule has 1 atom stereocenters. The van der Waals surface area contributed by atoms with Crippen molar-refractivity contribution in [2.24, 2.45) is 0 Å². The minimum atomic E-state index is -1.04. The molecule has 7 nitrogen and oxygen atoms in total. The Labute approximate surface area is 133 Å². The van der Waals surface area contributed by atoms with Gasteiger partial charge >= 0.3 is 5.97 Å². The van der Waals surface area contributed by atoms with Crippen molar-refractivity contribution in [3.8, 4) is 0 Å². The Hall–Kier alpha value is -2.70. The summed E-state index contributed by atoms with van der Waals surface area (Å²) in [6.45, 7) is 2.46. The number of carboxylic acid groups (broad SMARTS) is 1. The average molecular weight is 314 g/mol. The zero-order valence-electron chi connectivity index (χ0n) is 12.8. The fraction of sp³-hybridized carbons (Fsp3) is 0.375. The van der Waals surface area contributed by atoms with E-state index in [1.807, 2.05) is 6.92 Å². The summed E-state index contributed by atoms with van der Waals surface area (Å²) in [4.78, 5) is 30.0. The van der Waals surface area contributed by atoms with Gasteiger partial charge in [0.05, 0.1) is 23.5 Å². The van der Waals surface area contributed by atoms with Crippen molar-refractivity contribution >= 4 is 11.9 Å². The van der Waals surface area contributed by atoms with Gasteiger partial charge in [-0.05, 0) is 38.3 Å². The molecule has 23 heavy (non-hydrogen) atoms. The number of amides is 1. The smallest absolute Gasteiger partial charge is 0.339 e. The topological polar surface area (TPSA) is 99.2 Å². The van der Waals surface area contributed by atoms with Crippen LogP contribution in [0.2, 0.25) is 0 Å². The Morgan fingerprint density at radius 3 is 2.83 bits per heavy atom. The number of H-pyrrole nitrogens is 1. The zero-order chi connectivity index (χ0) is 16.4. The number of carbonyl (C=O) groups excluding carboxylic acids is 1. The molecule has 120 valence electrons. The molecule has 0 spiro atoms. The van der Waals surface area contributed by atoms with Crippen molar-refractivity contribution < 1.29 is 14.7 Å². The number of nitrogens with zero attached hydrogens (tertiary/aromatic N) is 3. The van der Waals surface area contributed by atoms with Crippen LogP contribution in [-0.2, 0) is 0 Å². The predicted molar refractivity (Wildman–Crippen MR) is 82.1 cm³/mol. The van der Waals surface area contributed by atoms with Crippen molar-refractivity contribution in [3.63, 3.8) is 0 Å². The van der Waals surface area contributed by atoms with Crippen molar-refractivity contribution in [3.05, 3.63) is 47.0 Å². The average Bonchev–Trinajstić information content (AvgIpc) is 3.05. The highest BCUT2D eigenvalue weighted by molar-refractivity contribution is 5.94. The van der Waals surface area contributed by atoms with Gasteiger partial charge in [0.25, 0.3) is 5.91 Å². The van der Waals surface area contributed by atoms with E-state index in [1.165, 1.54) is 6.20 Å². The Kier molecular flexibility index (Phi) is 4.10. The lowest BCUT2D eigenvalue weighted by Crippen LogP contribution is -2.39. The van der Waals surface area contributed by atoms with Crippen molar-refractivity contribution in [1.29, 1.82) is 0 Å². The van der Waals surface area contributed by atoms with Crippen molar-refractivity contribution in [1.82, 2.24) is 20.1 Å². The number of carboxylic acids is 1. The summed E-state index contributed by atoms with van der Waals surface area (Å²) in [5.74, 6) is -1.17. The second-order valence-corrected chi connectivity index (χ2v) is 5.70. The van der Waals surface area contributed by atoms with Crippen LogP contribution in [0.4, 0.5) is 0 Å². The van der Waals surface area contributed by atoms with E-state index in [2.05, 4.69) is 15.2 Å². The molecule has 2 N–H and O–H groups in total. The SMILES string of the molecule is Cc1ccc(C(=O)N2CCCCC2c2[nH]ncc2C(=O)O)cn1. The minimum Gasteiger partial charge on any atom is -0.478 e. The molecular formula is C16H18N4O3. The van der Waals surface area contributed by atoms with Crippen LogP contribution < -0.4 is 0 Å². The third-order valence-corrected chi connectivity index (χ3v) is 4.15. The van der Waals surface area contributed by atoms with Crippen LogP contribution >= 0.6 is 0 Å². The van der Waals surface area contributed by atoms with Crippen LogP contribution in [0.25, 0.3) is 0 Å². The monoisotopic (exact) mass is 314 g/mol. The lowest BCUT2D eigenvalue weighted by molar-refractivity contribution is 0.0589. The summed E-state index contributed by atoms with van der Waals surface area (Å²) in [6.07, 6.45) is 5.42. The highest BCUT2D eigenvalue weighted by Gasteiger charge is 2.32. The predicted octanol–water partition coefficient (Wildman–Crippen LogP) is 2.18. The van der Waals surface area contributed by atoms with E-state index in [1.54, 1.807) is 23.2 Å². The van der Waals surface area contributed by atoms with Gasteiger partial charge in [0.1, 0.15) is 5.56 Å². The first-order valence-electron chi connectivity index (χ1n) is 7.58. The number of hydrogen-bond donors (Lipinski definition) is 2. The van der Waals surface area contributed by atoms with E-state index in [-0.39, 0.29) is 17.5 Å². The number of aromatic carboxylic acids is 1. The molecule has 1 aliphatic heterocycles. The molecule has 1 saturated heterocycles. The second kappa shape index (κ2) is 6.20. The molecule has 1 amide bonds. The maximum atomic E-state index is 12.8. The van der Waals surface area contributed by atoms with E-state index in [0.29, 0.717) is 24.2 Å². The molecule has 2 aromatic rings. The molecule has 0 aromatic carbocycles. The first-order chi connectivity index (χ1) is 11.1. The van der Waals surface area contributed by atoms with Crippen LogP contribution in [0.15, 0.2) is 24.5 Å². The van der Waals surface area contributed by atoms with Crippen molar-refractivity contribution in [2.45, 2.75) is 32.2 Å². The molecule has 0 aliphatic carbocycles. The number of nitrogens with one attached hydrogen (secondary N) is 1. The highest BCUT2D eigenvalue weighted by Crippen LogP contribution is 2.32. The fourth-order valence-corrected chi connectivity index (χ4v) is 2.96. The molecule has 1 unspecified atom stereocenters. The lowest BCUT2D eigenvalue weighted by atomic mass is 9.96. The van der Waals surface area contributed by atoms with Gasteiger partial charge in [0, 0.05) is 18.4 Å². The number of aryl methyl sites for hydroxylation is 1. The van der Waals surface area contributed by atoms with Crippen LogP contribution in [0.5, 0.6) is 0 Å². The third-order valence-electron chi connectivity index (χ3n) is 4.15. The molecule has 2 aromatic heterocycles. The maximum Gasteiger partial charge on any atom is 0.339 e. The fourth-order valence-electron chi connectivity index (χ4n) is 2.96. The van der Waals surface area contributed by atoms with E-state index < -0.39 is 5.97 Å². The summed E-state index contributed by atoms with van der Waals surface area (Å²) in [5.41, 5.74) is 1.97. The third kappa shape index (κ3) is 2.94. The van der Waals surface area contributed by atoms with Gasteiger partial charge in [-0.15, -0.1) is 0 Å². The summed E-state index contributed by atoms with van der Waals surface area (Å²) >= 11 is 0. The van der Waals surface area contributed by atoms with Gasteiger partial charge in [0.2, 0.25) is 0 Å². The van der Waals surface area contributed by atoms with E-state index in [4.69, 9.17) is 0 Å². The zero-order valence-corrected chi connectivity index (χ0v) is 12.8. The Balaban J connectivity index is 1.92. The Morgan fingerprint density at radius 1 is 1.30 bits per heavy atom. The number of aromatic nitrogens is 3. The number of piperidine rings is 1. The van der Waals surface area contributed by atoms with Gasteiger partial charge in [-0.2, -0.15) is 5.10 Å². The number of likely N-dealkylation sites (tertiary alicyclic amines) is 1. The number of aromatic amines is 1. The standard InChI is InChI=1S/C16H18N4O3/c1-10-5-6-11(8-17-10)15(21)20-7-3-2-4-13(20)14-12(16(22)23)9-18-19-14/h5-6,8-9,13H,2-4,7H2,1H3,(H,18,19)(H,22,23). The van der Waals surface area contributed by atoms with E-state index >= 15 is 0 Å². The van der Waals surface area contributed by atoms with Gasteiger partial charge in [-0.1, -0.05) is 0 Å². The Morgan fingerprint density at radius 2 is 2.13 bits per heavy atom. The largest absolute Gasteiger partial charge is 0.478 e. The van der Waals surface area contributed by atoms with Gasteiger partial charge in [0.15, 0.2) is 0 Å².